The van der Waals surface area contributed by atoms with Crippen LogP contribution in [0.4, 0.5) is 0 Å². The fraction of sp³-hybridized carbons (Fsp3) is 0.400. The van der Waals surface area contributed by atoms with Crippen molar-refractivity contribution in [2.45, 2.75) is 20.3 Å². The number of hydrogen-bond acceptors (Lipinski definition) is 3. The number of nitrogens with zero attached hydrogens (tertiary/aromatic N) is 1. The maximum atomic E-state index is 11.9. The number of hydrogen-bond donors (Lipinski definition) is 2. The largest absolute Gasteiger partial charge is 0.351 e. The molecule has 5 heteroatoms. The third-order valence-electron chi connectivity index (χ3n) is 2.67. The molecular formula is C15H21N3O2. The van der Waals surface area contributed by atoms with E-state index in [1.165, 1.54) is 12.3 Å². The molecule has 2 N–H and O–H groups in total. The maximum absolute atomic E-state index is 11.9. The molecule has 0 bridgehead atoms. The van der Waals surface area contributed by atoms with Crippen molar-refractivity contribution in [3.8, 4) is 0 Å². The molecule has 1 aromatic rings. The standard InChI is InChI=1S/C15H21N3O2/c1-4-7-17-14(19)12-6-9-16-13(10-12)15(20)18-8-5-11(2)3/h4,6,9-11H,1,5,7-8H2,2-3H3,(H,17,19)(H,18,20). The molecule has 5 nitrogen and oxygen atoms in total. The summed E-state index contributed by atoms with van der Waals surface area (Å²) in [6.07, 6.45) is 3.96. The molecule has 0 atom stereocenters. The average Bonchev–Trinajstić information content (AvgIpc) is 2.44. The molecular weight excluding hydrogens is 254 g/mol. The molecule has 0 saturated heterocycles. The van der Waals surface area contributed by atoms with Gasteiger partial charge >= 0.3 is 0 Å². The molecule has 0 spiro atoms. The van der Waals surface area contributed by atoms with E-state index in [0.717, 1.165) is 6.42 Å². The number of carbonyl (C=O) groups is 2. The number of carbonyl (C=O) groups excluding carboxylic acids is 2. The van der Waals surface area contributed by atoms with Gasteiger partial charge in [-0.1, -0.05) is 19.9 Å². The third kappa shape index (κ3) is 5.22. The fourth-order valence-corrected chi connectivity index (χ4v) is 1.53. The van der Waals surface area contributed by atoms with E-state index in [9.17, 15) is 9.59 Å². The third-order valence-corrected chi connectivity index (χ3v) is 2.67. The van der Waals surface area contributed by atoms with Crippen LogP contribution < -0.4 is 10.6 Å². The number of pyridine rings is 1. The Morgan fingerprint density at radius 3 is 2.75 bits per heavy atom. The zero-order chi connectivity index (χ0) is 15.0. The van der Waals surface area contributed by atoms with E-state index >= 15 is 0 Å². The van der Waals surface area contributed by atoms with Gasteiger partial charge in [0.2, 0.25) is 0 Å². The Kier molecular flexibility index (Phi) is 6.43. The van der Waals surface area contributed by atoms with Crippen molar-refractivity contribution in [3.63, 3.8) is 0 Å². The highest BCUT2D eigenvalue weighted by atomic mass is 16.2. The topological polar surface area (TPSA) is 71.1 Å². The van der Waals surface area contributed by atoms with Crippen LogP contribution in [0.1, 0.15) is 41.1 Å². The first-order chi connectivity index (χ1) is 9.54. The van der Waals surface area contributed by atoms with Crippen LogP contribution in [0.5, 0.6) is 0 Å². The fourth-order valence-electron chi connectivity index (χ4n) is 1.53. The van der Waals surface area contributed by atoms with E-state index in [1.54, 1.807) is 12.1 Å². The second kappa shape index (κ2) is 8.09. The molecule has 1 aromatic heterocycles. The number of amides is 2. The molecule has 0 unspecified atom stereocenters. The zero-order valence-electron chi connectivity index (χ0n) is 12.0. The highest BCUT2D eigenvalue weighted by molar-refractivity contribution is 5.98. The summed E-state index contributed by atoms with van der Waals surface area (Å²) in [6.45, 7) is 8.70. The van der Waals surface area contributed by atoms with Gasteiger partial charge in [0.15, 0.2) is 0 Å². The van der Waals surface area contributed by atoms with Crippen molar-refractivity contribution in [1.29, 1.82) is 0 Å². The molecule has 0 saturated carbocycles. The van der Waals surface area contributed by atoms with Crippen LogP contribution in [-0.4, -0.2) is 29.9 Å². The Morgan fingerprint density at radius 2 is 2.10 bits per heavy atom. The van der Waals surface area contributed by atoms with Crippen LogP contribution in [0.25, 0.3) is 0 Å². The van der Waals surface area contributed by atoms with E-state index in [1.807, 2.05) is 0 Å². The predicted octanol–water partition coefficient (Wildman–Crippen LogP) is 1.77. The van der Waals surface area contributed by atoms with Gasteiger partial charge in [0.05, 0.1) is 0 Å². The Hall–Kier alpha value is -2.17. The van der Waals surface area contributed by atoms with Crippen LogP contribution in [0.3, 0.4) is 0 Å². The summed E-state index contributed by atoms with van der Waals surface area (Å²) in [5.41, 5.74) is 0.663. The van der Waals surface area contributed by atoms with Crippen LogP contribution >= 0.6 is 0 Å². The lowest BCUT2D eigenvalue weighted by Gasteiger charge is -2.07. The quantitative estimate of drug-likeness (QED) is 0.745. The molecule has 108 valence electrons. The SMILES string of the molecule is C=CCNC(=O)c1ccnc(C(=O)NCCC(C)C)c1. The summed E-state index contributed by atoms with van der Waals surface area (Å²) in [5, 5.41) is 5.45. The molecule has 1 rings (SSSR count). The molecule has 0 radical (unpaired) electrons. The lowest BCUT2D eigenvalue weighted by atomic mass is 10.1. The van der Waals surface area contributed by atoms with Gasteiger partial charge in [-0.3, -0.25) is 14.6 Å². The highest BCUT2D eigenvalue weighted by Crippen LogP contribution is 2.03. The maximum Gasteiger partial charge on any atom is 0.269 e. The predicted molar refractivity (Wildman–Crippen MR) is 78.6 cm³/mol. The van der Waals surface area contributed by atoms with Crippen molar-refractivity contribution in [1.82, 2.24) is 15.6 Å². The monoisotopic (exact) mass is 275 g/mol. The molecule has 0 fully saturated rings. The second-order valence-electron chi connectivity index (χ2n) is 4.87. The van der Waals surface area contributed by atoms with Crippen LogP contribution in [0.2, 0.25) is 0 Å². The first-order valence-corrected chi connectivity index (χ1v) is 6.68. The lowest BCUT2D eigenvalue weighted by molar-refractivity contribution is 0.0947. The highest BCUT2D eigenvalue weighted by Gasteiger charge is 2.11. The number of aromatic nitrogens is 1. The molecule has 0 aliphatic heterocycles. The molecule has 1 heterocycles. The van der Waals surface area contributed by atoms with E-state index in [0.29, 0.717) is 24.6 Å². The Labute approximate surface area is 119 Å². The first kappa shape index (κ1) is 15.9. The molecule has 0 aliphatic carbocycles. The van der Waals surface area contributed by atoms with Crippen molar-refractivity contribution in [3.05, 3.63) is 42.2 Å². The second-order valence-corrected chi connectivity index (χ2v) is 4.87. The van der Waals surface area contributed by atoms with Gasteiger partial charge in [0.1, 0.15) is 5.69 Å². The van der Waals surface area contributed by atoms with Gasteiger partial charge in [-0.15, -0.1) is 6.58 Å². The first-order valence-electron chi connectivity index (χ1n) is 6.68. The average molecular weight is 275 g/mol. The minimum absolute atomic E-state index is 0.247. The Bertz CT molecular complexity index is 484. The van der Waals surface area contributed by atoms with E-state index < -0.39 is 0 Å². The summed E-state index contributed by atoms with van der Waals surface area (Å²) < 4.78 is 0. The van der Waals surface area contributed by atoms with Gasteiger partial charge in [-0.2, -0.15) is 0 Å². The van der Waals surface area contributed by atoms with Crippen LogP contribution in [-0.2, 0) is 0 Å². The van der Waals surface area contributed by atoms with Gasteiger partial charge in [0.25, 0.3) is 11.8 Å². The van der Waals surface area contributed by atoms with E-state index in [4.69, 9.17) is 0 Å². The van der Waals surface area contributed by atoms with Crippen molar-refractivity contribution >= 4 is 11.8 Å². The normalized spacial score (nSPS) is 10.2. The summed E-state index contributed by atoms with van der Waals surface area (Å²) in [4.78, 5) is 27.6. The molecule has 0 aromatic carbocycles. The summed E-state index contributed by atoms with van der Waals surface area (Å²) in [7, 11) is 0. The molecule has 20 heavy (non-hydrogen) atoms. The van der Waals surface area contributed by atoms with E-state index in [2.05, 4.69) is 36.0 Å². The minimum atomic E-state index is -0.260. The molecule has 2 amide bonds. The van der Waals surface area contributed by atoms with Crippen LogP contribution in [0.15, 0.2) is 31.0 Å². The Balaban J connectivity index is 2.64. The summed E-state index contributed by atoms with van der Waals surface area (Å²) in [5.74, 6) is 0.0202. The summed E-state index contributed by atoms with van der Waals surface area (Å²) in [6, 6.07) is 3.06. The van der Waals surface area contributed by atoms with E-state index in [-0.39, 0.29) is 17.5 Å². The number of nitrogens with one attached hydrogen (secondary N) is 2. The smallest absolute Gasteiger partial charge is 0.269 e. The van der Waals surface area contributed by atoms with Gasteiger partial charge in [-0.05, 0) is 24.5 Å². The van der Waals surface area contributed by atoms with Crippen molar-refractivity contribution in [2.24, 2.45) is 5.92 Å². The van der Waals surface area contributed by atoms with Gasteiger partial charge < -0.3 is 10.6 Å². The van der Waals surface area contributed by atoms with Crippen molar-refractivity contribution in [2.75, 3.05) is 13.1 Å². The minimum Gasteiger partial charge on any atom is -0.351 e. The van der Waals surface area contributed by atoms with Gasteiger partial charge in [0, 0.05) is 24.8 Å². The lowest BCUT2D eigenvalue weighted by Crippen LogP contribution is -2.27. The van der Waals surface area contributed by atoms with Gasteiger partial charge in [-0.25, -0.2) is 0 Å². The van der Waals surface area contributed by atoms with Crippen molar-refractivity contribution < 1.29 is 9.59 Å². The summed E-state index contributed by atoms with van der Waals surface area (Å²) >= 11 is 0. The Morgan fingerprint density at radius 1 is 1.35 bits per heavy atom. The number of rotatable bonds is 7. The zero-order valence-corrected chi connectivity index (χ0v) is 12.0. The molecule has 0 aliphatic rings. The van der Waals surface area contributed by atoms with Crippen LogP contribution in [0, 0.1) is 5.92 Å².